The van der Waals surface area contributed by atoms with Crippen LogP contribution < -0.4 is 4.90 Å². The second kappa shape index (κ2) is 6.88. The lowest BCUT2D eigenvalue weighted by Crippen LogP contribution is -2.40. The molecule has 1 aromatic rings. The maximum atomic E-state index is 12.6. The third-order valence-corrected chi connectivity index (χ3v) is 4.12. The molecule has 0 bridgehead atoms. The summed E-state index contributed by atoms with van der Waals surface area (Å²) < 4.78 is 37.8. The Bertz CT molecular complexity index is 543. The van der Waals surface area contributed by atoms with E-state index in [1.165, 1.54) is 17.0 Å². The molecule has 7 heteroatoms. The lowest BCUT2D eigenvalue weighted by atomic mass is 10.2. The van der Waals surface area contributed by atoms with Crippen LogP contribution in [-0.2, 0) is 11.0 Å². The van der Waals surface area contributed by atoms with Crippen molar-refractivity contribution in [1.82, 2.24) is 4.90 Å². The van der Waals surface area contributed by atoms with Gasteiger partial charge in [0.2, 0.25) is 5.91 Å². The third-order valence-electron chi connectivity index (χ3n) is 4.12. The fraction of sp³-hybridized carbons (Fsp3) is 0.562. The molecular weight excluding hydrogens is 309 g/mol. The van der Waals surface area contributed by atoms with Crippen LogP contribution in [0.1, 0.15) is 25.3 Å². The van der Waals surface area contributed by atoms with Gasteiger partial charge in [0.1, 0.15) is 0 Å². The van der Waals surface area contributed by atoms with Gasteiger partial charge >= 0.3 is 6.18 Å². The molecule has 23 heavy (non-hydrogen) atoms. The summed E-state index contributed by atoms with van der Waals surface area (Å²) in [6.07, 6.45) is -3.62. The summed E-state index contributed by atoms with van der Waals surface area (Å²) >= 11 is 0. The van der Waals surface area contributed by atoms with Gasteiger partial charge in [0.25, 0.3) is 0 Å². The summed E-state index contributed by atoms with van der Waals surface area (Å²) in [5.74, 6) is -0.113. The maximum absolute atomic E-state index is 12.6. The van der Waals surface area contributed by atoms with Crippen LogP contribution in [0.5, 0.6) is 0 Å². The van der Waals surface area contributed by atoms with E-state index in [0.717, 1.165) is 12.1 Å². The van der Waals surface area contributed by atoms with E-state index < -0.39 is 17.8 Å². The van der Waals surface area contributed by atoms with Crippen molar-refractivity contribution in [1.29, 1.82) is 0 Å². The number of anilines is 1. The summed E-state index contributed by atoms with van der Waals surface area (Å²) in [6.45, 7) is 2.77. The minimum Gasteiger partial charge on any atom is -0.393 e. The van der Waals surface area contributed by atoms with Crippen LogP contribution >= 0.6 is 0 Å². The van der Waals surface area contributed by atoms with Crippen LogP contribution in [0.15, 0.2) is 24.3 Å². The highest BCUT2D eigenvalue weighted by Gasteiger charge is 2.36. The van der Waals surface area contributed by atoms with Gasteiger partial charge in [-0.15, -0.1) is 0 Å². The lowest BCUT2D eigenvalue weighted by Gasteiger charge is -2.24. The molecule has 0 aromatic heterocycles. The molecule has 0 aliphatic carbocycles. The van der Waals surface area contributed by atoms with Crippen molar-refractivity contribution in [3.05, 3.63) is 29.8 Å². The molecule has 128 valence electrons. The number of benzene rings is 1. The predicted molar refractivity (Wildman–Crippen MR) is 81.1 cm³/mol. The fourth-order valence-corrected chi connectivity index (χ4v) is 2.71. The normalized spacial score (nSPS) is 20.4. The summed E-state index contributed by atoms with van der Waals surface area (Å²) in [4.78, 5) is 15.9. The summed E-state index contributed by atoms with van der Waals surface area (Å²) in [7, 11) is 1.82. The van der Waals surface area contributed by atoms with Crippen LogP contribution in [-0.4, -0.2) is 48.2 Å². The van der Waals surface area contributed by atoms with Crippen LogP contribution in [0, 0.1) is 0 Å². The lowest BCUT2D eigenvalue weighted by molar-refractivity contribution is -0.137. The van der Waals surface area contributed by atoms with Gasteiger partial charge in [-0.2, -0.15) is 13.2 Å². The Morgan fingerprint density at radius 2 is 1.96 bits per heavy atom. The molecule has 1 aliphatic heterocycles. The van der Waals surface area contributed by atoms with Crippen molar-refractivity contribution in [3.8, 4) is 0 Å². The SMILES string of the molecule is CC(O)CCN(C)C1CCN(c2ccc(C(F)(F)F)cc2)C1=O. The molecule has 2 rings (SSSR count). The number of rotatable bonds is 5. The van der Waals surface area contributed by atoms with E-state index in [0.29, 0.717) is 31.6 Å². The first kappa shape index (κ1) is 17.7. The largest absolute Gasteiger partial charge is 0.416 e. The van der Waals surface area contributed by atoms with E-state index in [4.69, 9.17) is 0 Å². The molecule has 1 N–H and O–H groups in total. The first-order valence-electron chi connectivity index (χ1n) is 7.57. The first-order chi connectivity index (χ1) is 10.7. The van der Waals surface area contributed by atoms with Crippen molar-refractivity contribution in [2.75, 3.05) is 25.0 Å². The van der Waals surface area contributed by atoms with Crippen LogP contribution in [0.25, 0.3) is 0 Å². The number of hydrogen-bond donors (Lipinski definition) is 1. The van der Waals surface area contributed by atoms with E-state index in [1.54, 1.807) is 6.92 Å². The number of carbonyl (C=O) groups is 1. The Hall–Kier alpha value is -1.60. The molecule has 1 fully saturated rings. The molecule has 1 aromatic carbocycles. The van der Waals surface area contributed by atoms with Gasteiger partial charge in [-0.25, -0.2) is 0 Å². The first-order valence-corrected chi connectivity index (χ1v) is 7.57. The number of likely N-dealkylation sites (N-methyl/N-ethyl adjacent to an activating group) is 1. The zero-order valence-corrected chi connectivity index (χ0v) is 13.2. The van der Waals surface area contributed by atoms with Crippen molar-refractivity contribution in [2.24, 2.45) is 0 Å². The molecule has 1 aliphatic rings. The number of alkyl halides is 3. The van der Waals surface area contributed by atoms with Gasteiger partial charge in [0.15, 0.2) is 0 Å². The molecule has 1 saturated heterocycles. The molecule has 0 spiro atoms. The molecule has 1 heterocycles. The van der Waals surface area contributed by atoms with E-state index in [1.807, 2.05) is 11.9 Å². The van der Waals surface area contributed by atoms with Crippen molar-refractivity contribution in [2.45, 2.75) is 38.1 Å². The summed E-state index contributed by atoms with van der Waals surface area (Å²) in [5, 5.41) is 9.32. The molecular formula is C16H21F3N2O2. The van der Waals surface area contributed by atoms with Crippen LogP contribution in [0.4, 0.5) is 18.9 Å². The summed E-state index contributed by atoms with van der Waals surface area (Å²) in [6, 6.07) is 4.36. The van der Waals surface area contributed by atoms with E-state index in [2.05, 4.69) is 0 Å². The number of nitrogens with zero attached hydrogens (tertiary/aromatic N) is 2. The monoisotopic (exact) mass is 330 g/mol. The fourth-order valence-electron chi connectivity index (χ4n) is 2.71. The minimum atomic E-state index is -4.38. The molecule has 2 atom stereocenters. The molecule has 1 amide bonds. The number of aliphatic hydroxyl groups is 1. The van der Waals surface area contributed by atoms with E-state index in [9.17, 15) is 23.1 Å². The number of halogens is 3. The third kappa shape index (κ3) is 4.23. The Morgan fingerprint density at radius 1 is 1.35 bits per heavy atom. The van der Waals surface area contributed by atoms with Crippen LogP contribution in [0.2, 0.25) is 0 Å². The summed E-state index contributed by atoms with van der Waals surface area (Å²) in [5.41, 5.74) is -0.243. The highest BCUT2D eigenvalue weighted by atomic mass is 19.4. The minimum absolute atomic E-state index is 0.113. The standard InChI is InChI=1S/C16H21F3N2O2/c1-11(22)7-9-20(2)14-8-10-21(15(14)23)13-5-3-12(4-6-13)16(17,18)19/h3-6,11,14,22H,7-10H2,1-2H3. The Kier molecular flexibility index (Phi) is 5.31. The van der Waals surface area contributed by atoms with Gasteiger partial charge < -0.3 is 10.0 Å². The van der Waals surface area contributed by atoms with E-state index >= 15 is 0 Å². The maximum Gasteiger partial charge on any atom is 0.416 e. The molecule has 0 radical (unpaired) electrons. The molecule has 2 unspecified atom stereocenters. The van der Waals surface area contributed by atoms with Crippen molar-refractivity contribution in [3.63, 3.8) is 0 Å². The molecule has 0 saturated carbocycles. The topological polar surface area (TPSA) is 43.8 Å². The molecule has 4 nitrogen and oxygen atoms in total. The van der Waals surface area contributed by atoms with Gasteiger partial charge in [0.05, 0.1) is 17.7 Å². The second-order valence-corrected chi connectivity index (χ2v) is 5.96. The number of aliphatic hydroxyl groups excluding tert-OH is 1. The number of carbonyl (C=O) groups excluding carboxylic acids is 1. The second-order valence-electron chi connectivity index (χ2n) is 5.96. The van der Waals surface area contributed by atoms with Gasteiger partial charge in [-0.3, -0.25) is 9.69 Å². The van der Waals surface area contributed by atoms with Crippen molar-refractivity contribution < 1.29 is 23.1 Å². The Labute approximate surface area is 133 Å². The highest BCUT2D eigenvalue weighted by molar-refractivity contribution is 5.99. The smallest absolute Gasteiger partial charge is 0.393 e. The number of amides is 1. The Morgan fingerprint density at radius 3 is 2.48 bits per heavy atom. The van der Waals surface area contributed by atoms with Gasteiger partial charge in [0, 0.05) is 18.8 Å². The average Bonchev–Trinajstić information content (AvgIpc) is 2.86. The highest BCUT2D eigenvalue weighted by Crippen LogP contribution is 2.31. The zero-order valence-electron chi connectivity index (χ0n) is 13.2. The zero-order chi connectivity index (χ0) is 17.2. The van der Waals surface area contributed by atoms with E-state index in [-0.39, 0.29) is 11.9 Å². The Balaban J connectivity index is 2.04. The average molecular weight is 330 g/mol. The quantitative estimate of drug-likeness (QED) is 0.902. The van der Waals surface area contributed by atoms with Gasteiger partial charge in [-0.1, -0.05) is 0 Å². The number of hydrogen-bond acceptors (Lipinski definition) is 3. The van der Waals surface area contributed by atoms with Crippen LogP contribution in [0.3, 0.4) is 0 Å². The van der Waals surface area contributed by atoms with Crippen molar-refractivity contribution >= 4 is 11.6 Å². The van der Waals surface area contributed by atoms with Gasteiger partial charge in [-0.05, 0) is 51.1 Å². The predicted octanol–water partition coefficient (Wildman–Crippen LogP) is 2.51.